The monoisotopic (exact) mass is 446 g/mol. The Morgan fingerprint density at radius 2 is 1.64 bits per heavy atom. The minimum Gasteiger partial charge on any atom is -0.496 e. The molecule has 1 heterocycles. The lowest BCUT2D eigenvalue weighted by Gasteiger charge is -2.33. The van der Waals surface area contributed by atoms with Gasteiger partial charge in [0.2, 0.25) is 5.91 Å². The predicted octanol–water partition coefficient (Wildman–Crippen LogP) is 4.59. The zero-order valence-electron chi connectivity index (χ0n) is 19.3. The van der Waals surface area contributed by atoms with Gasteiger partial charge in [0.25, 0.3) is 5.91 Å². The van der Waals surface area contributed by atoms with E-state index in [1.54, 1.807) is 19.1 Å². The van der Waals surface area contributed by atoms with Crippen LogP contribution in [-0.4, -0.2) is 44.0 Å². The van der Waals surface area contributed by atoms with Gasteiger partial charge in [0.15, 0.2) is 0 Å². The molecule has 3 aromatic rings. The number of fused-ring (bicyclic) bond motifs is 1. The van der Waals surface area contributed by atoms with Crippen molar-refractivity contribution in [3.8, 4) is 11.5 Å². The van der Waals surface area contributed by atoms with E-state index < -0.39 is 0 Å². The lowest BCUT2D eigenvalue weighted by Crippen LogP contribution is -2.46. The summed E-state index contributed by atoms with van der Waals surface area (Å²) in [4.78, 5) is 28.3. The van der Waals surface area contributed by atoms with E-state index in [9.17, 15) is 9.59 Å². The molecule has 2 atom stereocenters. The van der Waals surface area contributed by atoms with E-state index in [0.717, 1.165) is 40.7 Å². The molecule has 1 aliphatic heterocycles. The van der Waals surface area contributed by atoms with Crippen LogP contribution in [0.1, 0.15) is 41.7 Å². The number of methoxy groups -OCH3 is 2. The molecule has 1 aliphatic rings. The standard InChI is InChI=1S/C27H30N2O4/c1-18(20-10-6-7-13-24(20)32-2)28-26(30)19-9-8-16-29(17-19)27(31)23-14-15-25(33-3)22-12-5-4-11-21(22)23/h4-7,10-15,18-19H,8-9,16-17H2,1-3H3,(H,28,30)/t18-,19-/m1/s1. The number of para-hydroxylation sites is 1. The van der Waals surface area contributed by atoms with Gasteiger partial charge in [-0.05, 0) is 43.4 Å². The Morgan fingerprint density at radius 1 is 0.939 bits per heavy atom. The van der Waals surface area contributed by atoms with Crippen molar-refractivity contribution in [2.24, 2.45) is 5.92 Å². The summed E-state index contributed by atoms with van der Waals surface area (Å²) in [5.74, 6) is 1.15. The van der Waals surface area contributed by atoms with Crippen molar-refractivity contribution in [1.29, 1.82) is 0 Å². The third-order valence-electron chi connectivity index (χ3n) is 6.38. The molecule has 2 amide bonds. The van der Waals surface area contributed by atoms with E-state index >= 15 is 0 Å². The summed E-state index contributed by atoms with van der Waals surface area (Å²) in [6.07, 6.45) is 1.55. The number of likely N-dealkylation sites (tertiary alicyclic amines) is 1. The Kier molecular flexibility index (Phi) is 6.82. The lowest BCUT2D eigenvalue weighted by molar-refractivity contribution is -0.127. The summed E-state index contributed by atoms with van der Waals surface area (Å²) in [5.41, 5.74) is 1.57. The Hall–Kier alpha value is -3.54. The minimum absolute atomic E-state index is 0.0366. The van der Waals surface area contributed by atoms with Crippen molar-refractivity contribution in [3.63, 3.8) is 0 Å². The summed E-state index contributed by atoms with van der Waals surface area (Å²) in [6.45, 7) is 3.00. The van der Waals surface area contributed by atoms with Crippen molar-refractivity contribution in [3.05, 3.63) is 71.8 Å². The quantitative estimate of drug-likeness (QED) is 0.602. The van der Waals surface area contributed by atoms with Gasteiger partial charge >= 0.3 is 0 Å². The molecule has 1 fully saturated rings. The predicted molar refractivity (Wildman–Crippen MR) is 129 cm³/mol. The highest BCUT2D eigenvalue weighted by atomic mass is 16.5. The van der Waals surface area contributed by atoms with Crippen LogP contribution in [0, 0.1) is 5.92 Å². The summed E-state index contributed by atoms with van der Waals surface area (Å²) in [6, 6.07) is 18.9. The summed E-state index contributed by atoms with van der Waals surface area (Å²) in [7, 11) is 3.25. The molecule has 1 N–H and O–H groups in total. The third-order valence-corrected chi connectivity index (χ3v) is 6.38. The van der Waals surface area contributed by atoms with Gasteiger partial charge in [0.05, 0.1) is 26.2 Å². The lowest BCUT2D eigenvalue weighted by atomic mass is 9.95. The molecule has 1 saturated heterocycles. The topological polar surface area (TPSA) is 67.9 Å². The molecule has 0 unspecified atom stereocenters. The van der Waals surface area contributed by atoms with Gasteiger partial charge in [-0.2, -0.15) is 0 Å². The van der Waals surface area contributed by atoms with Crippen LogP contribution in [0.5, 0.6) is 11.5 Å². The fraction of sp³-hybridized carbons (Fsp3) is 0.333. The summed E-state index contributed by atoms with van der Waals surface area (Å²) in [5, 5.41) is 4.88. The molecule has 0 radical (unpaired) electrons. The maximum atomic E-state index is 13.4. The van der Waals surface area contributed by atoms with Gasteiger partial charge in [-0.3, -0.25) is 9.59 Å². The number of hydrogen-bond acceptors (Lipinski definition) is 4. The number of benzene rings is 3. The van der Waals surface area contributed by atoms with Crippen LogP contribution in [0.15, 0.2) is 60.7 Å². The van der Waals surface area contributed by atoms with Gasteiger partial charge < -0.3 is 19.7 Å². The maximum absolute atomic E-state index is 13.4. The molecule has 0 saturated carbocycles. The number of hydrogen-bond donors (Lipinski definition) is 1. The molecule has 0 bridgehead atoms. The van der Waals surface area contributed by atoms with Gasteiger partial charge in [0.1, 0.15) is 11.5 Å². The van der Waals surface area contributed by atoms with Crippen molar-refractivity contribution in [1.82, 2.24) is 10.2 Å². The van der Waals surface area contributed by atoms with E-state index in [-0.39, 0.29) is 23.8 Å². The van der Waals surface area contributed by atoms with Crippen molar-refractivity contribution < 1.29 is 19.1 Å². The maximum Gasteiger partial charge on any atom is 0.254 e. The first-order valence-electron chi connectivity index (χ1n) is 11.3. The first kappa shape index (κ1) is 22.6. The van der Waals surface area contributed by atoms with Crippen LogP contribution in [0.3, 0.4) is 0 Å². The Morgan fingerprint density at radius 3 is 2.39 bits per heavy atom. The smallest absolute Gasteiger partial charge is 0.254 e. The molecule has 4 rings (SSSR count). The van der Waals surface area contributed by atoms with Crippen LogP contribution < -0.4 is 14.8 Å². The Balaban J connectivity index is 1.49. The van der Waals surface area contributed by atoms with Crippen LogP contribution >= 0.6 is 0 Å². The number of carbonyl (C=O) groups is 2. The first-order valence-corrected chi connectivity index (χ1v) is 11.3. The van der Waals surface area contributed by atoms with Crippen LogP contribution in [0.25, 0.3) is 10.8 Å². The molecular weight excluding hydrogens is 416 g/mol. The van der Waals surface area contributed by atoms with E-state index in [1.807, 2.05) is 67.6 Å². The van der Waals surface area contributed by atoms with Crippen molar-refractivity contribution in [2.45, 2.75) is 25.8 Å². The average molecular weight is 447 g/mol. The summed E-state index contributed by atoms with van der Waals surface area (Å²) < 4.78 is 10.9. The van der Waals surface area contributed by atoms with E-state index in [2.05, 4.69) is 5.32 Å². The molecule has 0 spiro atoms. The van der Waals surface area contributed by atoms with E-state index in [1.165, 1.54) is 0 Å². The molecule has 6 heteroatoms. The number of nitrogens with one attached hydrogen (secondary N) is 1. The molecule has 172 valence electrons. The first-order chi connectivity index (χ1) is 16.0. The summed E-state index contributed by atoms with van der Waals surface area (Å²) >= 11 is 0. The number of rotatable bonds is 6. The molecule has 6 nitrogen and oxygen atoms in total. The van der Waals surface area contributed by atoms with E-state index in [0.29, 0.717) is 18.7 Å². The van der Waals surface area contributed by atoms with Crippen molar-refractivity contribution in [2.75, 3.05) is 27.3 Å². The number of nitrogens with zero attached hydrogens (tertiary/aromatic N) is 1. The highest BCUT2D eigenvalue weighted by Crippen LogP contribution is 2.30. The van der Waals surface area contributed by atoms with Crippen LogP contribution in [0.2, 0.25) is 0 Å². The second-order valence-corrected chi connectivity index (χ2v) is 8.42. The zero-order chi connectivity index (χ0) is 23.4. The van der Waals surface area contributed by atoms with Gasteiger partial charge in [-0.15, -0.1) is 0 Å². The van der Waals surface area contributed by atoms with Crippen molar-refractivity contribution >= 4 is 22.6 Å². The number of carbonyl (C=O) groups excluding carboxylic acids is 2. The van der Waals surface area contributed by atoms with Gasteiger partial charge in [0, 0.05) is 29.6 Å². The fourth-order valence-electron chi connectivity index (χ4n) is 4.62. The highest BCUT2D eigenvalue weighted by Gasteiger charge is 2.30. The third kappa shape index (κ3) is 4.65. The number of ether oxygens (including phenoxy) is 2. The second kappa shape index (κ2) is 9.94. The van der Waals surface area contributed by atoms with Gasteiger partial charge in [-0.25, -0.2) is 0 Å². The van der Waals surface area contributed by atoms with Crippen LogP contribution in [0.4, 0.5) is 0 Å². The van der Waals surface area contributed by atoms with E-state index in [4.69, 9.17) is 9.47 Å². The number of piperidine rings is 1. The zero-order valence-corrected chi connectivity index (χ0v) is 19.3. The minimum atomic E-state index is -0.246. The molecule has 3 aromatic carbocycles. The molecular formula is C27H30N2O4. The Bertz CT molecular complexity index is 1160. The van der Waals surface area contributed by atoms with Gasteiger partial charge in [-0.1, -0.05) is 42.5 Å². The highest BCUT2D eigenvalue weighted by molar-refractivity contribution is 6.08. The largest absolute Gasteiger partial charge is 0.496 e. The molecule has 0 aliphatic carbocycles. The molecule has 33 heavy (non-hydrogen) atoms. The second-order valence-electron chi connectivity index (χ2n) is 8.42. The Labute approximate surface area is 194 Å². The average Bonchev–Trinajstić information content (AvgIpc) is 2.87. The fourth-order valence-corrected chi connectivity index (χ4v) is 4.62. The number of amides is 2. The SMILES string of the molecule is COc1ccccc1[C@@H](C)NC(=O)[C@@H]1CCCN(C(=O)c2ccc(OC)c3ccccc23)C1. The molecule has 0 aromatic heterocycles. The normalized spacial score (nSPS) is 16.8. The van der Waals surface area contributed by atoms with Crippen LogP contribution in [-0.2, 0) is 4.79 Å².